The molecule has 0 unspecified atom stereocenters. The van der Waals surface area contributed by atoms with E-state index in [0.717, 1.165) is 0 Å². The highest BCUT2D eigenvalue weighted by Gasteiger charge is 2.16. The summed E-state index contributed by atoms with van der Waals surface area (Å²) in [6.07, 6.45) is 1.27. The standard InChI is InChI=1S/C10H16N4O3/c1-7(2)4-11-10(15)6-13-5-9(14(16)17)8(3)12-13/h5,7H,4,6H2,1-3H3,(H,11,15). The Morgan fingerprint density at radius 1 is 1.65 bits per heavy atom. The van der Waals surface area contributed by atoms with Gasteiger partial charge in [-0.15, -0.1) is 0 Å². The Morgan fingerprint density at radius 3 is 2.76 bits per heavy atom. The van der Waals surface area contributed by atoms with Crippen LogP contribution >= 0.6 is 0 Å². The highest BCUT2D eigenvalue weighted by Crippen LogP contribution is 2.14. The van der Waals surface area contributed by atoms with Crippen molar-refractivity contribution >= 4 is 11.6 Å². The van der Waals surface area contributed by atoms with Gasteiger partial charge in [-0.3, -0.25) is 19.6 Å². The molecule has 1 aromatic heterocycles. The van der Waals surface area contributed by atoms with Gasteiger partial charge in [-0.05, 0) is 12.8 Å². The van der Waals surface area contributed by atoms with Crippen molar-refractivity contribution in [1.29, 1.82) is 0 Å². The molecule has 94 valence electrons. The third kappa shape index (κ3) is 3.86. The van der Waals surface area contributed by atoms with Crippen molar-refractivity contribution < 1.29 is 9.72 Å². The molecule has 1 aromatic rings. The maximum Gasteiger partial charge on any atom is 0.309 e. The molecule has 0 aliphatic carbocycles. The Hall–Kier alpha value is -1.92. The van der Waals surface area contributed by atoms with E-state index < -0.39 is 4.92 Å². The zero-order valence-electron chi connectivity index (χ0n) is 10.1. The fourth-order valence-corrected chi connectivity index (χ4v) is 1.29. The number of carbonyl (C=O) groups is 1. The number of hydrogen-bond acceptors (Lipinski definition) is 4. The molecule has 17 heavy (non-hydrogen) atoms. The lowest BCUT2D eigenvalue weighted by atomic mass is 10.2. The fourth-order valence-electron chi connectivity index (χ4n) is 1.29. The van der Waals surface area contributed by atoms with Crippen LogP contribution in [0.4, 0.5) is 5.69 Å². The molecule has 0 saturated heterocycles. The molecule has 0 aliphatic heterocycles. The van der Waals surface area contributed by atoms with E-state index in [9.17, 15) is 14.9 Å². The number of aromatic nitrogens is 2. The lowest BCUT2D eigenvalue weighted by molar-refractivity contribution is -0.385. The molecular weight excluding hydrogens is 224 g/mol. The fraction of sp³-hybridized carbons (Fsp3) is 0.600. The predicted octanol–water partition coefficient (Wildman–Crippen LogP) is 0.872. The van der Waals surface area contributed by atoms with Crippen molar-refractivity contribution in [2.75, 3.05) is 6.54 Å². The average molecular weight is 240 g/mol. The summed E-state index contributed by atoms with van der Waals surface area (Å²) >= 11 is 0. The molecule has 0 aliphatic rings. The predicted molar refractivity (Wildman–Crippen MR) is 61.5 cm³/mol. The van der Waals surface area contributed by atoms with Gasteiger partial charge in [0.1, 0.15) is 18.4 Å². The summed E-state index contributed by atoms with van der Waals surface area (Å²) in [6, 6.07) is 0. The van der Waals surface area contributed by atoms with E-state index in [1.165, 1.54) is 10.9 Å². The first-order valence-corrected chi connectivity index (χ1v) is 5.35. The Labute approximate surface area is 99.0 Å². The van der Waals surface area contributed by atoms with Gasteiger partial charge in [0.05, 0.1) is 4.92 Å². The van der Waals surface area contributed by atoms with Crippen LogP contribution < -0.4 is 5.32 Å². The minimum absolute atomic E-state index is 0.00139. The van der Waals surface area contributed by atoms with Crippen LogP contribution in [-0.2, 0) is 11.3 Å². The zero-order chi connectivity index (χ0) is 13.0. The molecule has 0 atom stereocenters. The largest absolute Gasteiger partial charge is 0.354 e. The smallest absolute Gasteiger partial charge is 0.309 e. The second-order valence-electron chi connectivity index (χ2n) is 4.25. The number of aryl methyl sites for hydroxylation is 1. The van der Waals surface area contributed by atoms with Crippen LogP contribution in [0.15, 0.2) is 6.20 Å². The zero-order valence-corrected chi connectivity index (χ0v) is 10.1. The van der Waals surface area contributed by atoms with Gasteiger partial charge >= 0.3 is 5.69 Å². The first-order valence-electron chi connectivity index (χ1n) is 5.35. The summed E-state index contributed by atoms with van der Waals surface area (Å²) in [5, 5.41) is 17.2. The van der Waals surface area contributed by atoms with Gasteiger partial charge in [-0.1, -0.05) is 13.8 Å². The Balaban J connectivity index is 2.60. The van der Waals surface area contributed by atoms with E-state index >= 15 is 0 Å². The Bertz CT molecular complexity index is 425. The maximum atomic E-state index is 11.5. The lowest BCUT2D eigenvalue weighted by Gasteiger charge is -2.06. The van der Waals surface area contributed by atoms with E-state index in [1.54, 1.807) is 6.92 Å². The molecule has 0 fully saturated rings. The lowest BCUT2D eigenvalue weighted by Crippen LogP contribution is -2.30. The van der Waals surface area contributed by atoms with Gasteiger partial charge in [-0.2, -0.15) is 5.10 Å². The molecular formula is C10H16N4O3. The maximum absolute atomic E-state index is 11.5. The first kappa shape index (κ1) is 13.1. The van der Waals surface area contributed by atoms with Crippen molar-refractivity contribution in [2.45, 2.75) is 27.3 Å². The highest BCUT2D eigenvalue weighted by molar-refractivity contribution is 5.75. The second kappa shape index (κ2) is 5.42. The summed E-state index contributed by atoms with van der Waals surface area (Å²) < 4.78 is 1.28. The molecule has 0 aromatic carbocycles. The number of rotatable bonds is 5. The number of nitrogens with one attached hydrogen (secondary N) is 1. The third-order valence-electron chi connectivity index (χ3n) is 2.13. The van der Waals surface area contributed by atoms with Crippen molar-refractivity contribution in [1.82, 2.24) is 15.1 Å². The molecule has 1 N–H and O–H groups in total. The molecule has 0 radical (unpaired) electrons. The second-order valence-corrected chi connectivity index (χ2v) is 4.25. The van der Waals surface area contributed by atoms with E-state index in [2.05, 4.69) is 10.4 Å². The van der Waals surface area contributed by atoms with Crippen molar-refractivity contribution in [2.24, 2.45) is 5.92 Å². The number of hydrogen-bond donors (Lipinski definition) is 1. The van der Waals surface area contributed by atoms with Crippen LogP contribution in [0.1, 0.15) is 19.5 Å². The molecule has 0 bridgehead atoms. The summed E-state index contributed by atoms with van der Waals surface area (Å²) in [5.74, 6) is 0.170. The van der Waals surface area contributed by atoms with Gasteiger partial charge in [0.25, 0.3) is 0 Å². The van der Waals surface area contributed by atoms with Crippen LogP contribution in [0.25, 0.3) is 0 Å². The summed E-state index contributed by atoms with van der Waals surface area (Å²) in [7, 11) is 0. The highest BCUT2D eigenvalue weighted by atomic mass is 16.6. The summed E-state index contributed by atoms with van der Waals surface area (Å²) in [4.78, 5) is 21.5. The van der Waals surface area contributed by atoms with Gasteiger partial charge < -0.3 is 5.32 Å². The molecule has 7 heteroatoms. The van der Waals surface area contributed by atoms with E-state index in [-0.39, 0.29) is 18.1 Å². The monoisotopic (exact) mass is 240 g/mol. The molecule has 7 nitrogen and oxygen atoms in total. The first-order chi connectivity index (χ1) is 7.90. The summed E-state index contributed by atoms with van der Waals surface area (Å²) in [5.41, 5.74) is 0.244. The minimum atomic E-state index is -0.509. The van der Waals surface area contributed by atoms with E-state index in [4.69, 9.17) is 0 Å². The van der Waals surface area contributed by atoms with Gasteiger partial charge in [0.2, 0.25) is 5.91 Å². The van der Waals surface area contributed by atoms with Gasteiger partial charge in [0.15, 0.2) is 0 Å². The quantitative estimate of drug-likeness (QED) is 0.610. The third-order valence-corrected chi connectivity index (χ3v) is 2.13. The Morgan fingerprint density at radius 2 is 2.29 bits per heavy atom. The molecule has 1 heterocycles. The van der Waals surface area contributed by atoms with Crippen molar-refractivity contribution in [3.8, 4) is 0 Å². The average Bonchev–Trinajstić information content (AvgIpc) is 2.56. The summed E-state index contributed by atoms with van der Waals surface area (Å²) in [6.45, 7) is 6.11. The SMILES string of the molecule is Cc1nn(CC(=O)NCC(C)C)cc1[N+](=O)[O-]. The normalized spacial score (nSPS) is 10.6. The van der Waals surface area contributed by atoms with Gasteiger partial charge in [0, 0.05) is 6.54 Å². The number of nitro groups is 1. The molecule has 0 spiro atoms. The number of carbonyl (C=O) groups excluding carboxylic acids is 1. The topological polar surface area (TPSA) is 90.1 Å². The van der Waals surface area contributed by atoms with Crippen LogP contribution in [0, 0.1) is 23.0 Å². The van der Waals surface area contributed by atoms with Gasteiger partial charge in [-0.25, -0.2) is 0 Å². The molecule has 1 amide bonds. The Kier molecular flexibility index (Phi) is 4.19. The van der Waals surface area contributed by atoms with Crippen LogP contribution in [0.3, 0.4) is 0 Å². The number of amides is 1. The van der Waals surface area contributed by atoms with Crippen LogP contribution in [0.5, 0.6) is 0 Å². The van der Waals surface area contributed by atoms with Crippen LogP contribution in [0.2, 0.25) is 0 Å². The van der Waals surface area contributed by atoms with Crippen molar-refractivity contribution in [3.63, 3.8) is 0 Å². The minimum Gasteiger partial charge on any atom is -0.354 e. The number of nitrogens with zero attached hydrogens (tertiary/aromatic N) is 3. The van der Waals surface area contributed by atoms with E-state index in [1.807, 2.05) is 13.8 Å². The van der Waals surface area contributed by atoms with Crippen LogP contribution in [-0.4, -0.2) is 27.2 Å². The molecule has 1 rings (SSSR count). The molecule has 0 saturated carbocycles. The van der Waals surface area contributed by atoms with E-state index in [0.29, 0.717) is 18.2 Å². The van der Waals surface area contributed by atoms with Crippen molar-refractivity contribution in [3.05, 3.63) is 22.0 Å².